The molecule has 0 atom stereocenters. The van der Waals surface area contributed by atoms with E-state index in [1.165, 1.54) is 0 Å². The van der Waals surface area contributed by atoms with Crippen LogP contribution in [-0.4, -0.2) is 20.1 Å². The average molecular weight is 358 g/mol. The van der Waals surface area contributed by atoms with Gasteiger partial charge in [0.05, 0.1) is 5.75 Å². The van der Waals surface area contributed by atoms with E-state index in [-0.39, 0.29) is 5.75 Å². The highest BCUT2D eigenvalue weighted by Crippen LogP contribution is 2.16. The van der Waals surface area contributed by atoms with Gasteiger partial charge in [0.2, 0.25) is 5.91 Å². The Balaban J connectivity index is 1.99. The lowest BCUT2D eigenvalue weighted by atomic mass is 10.2. The summed E-state index contributed by atoms with van der Waals surface area (Å²) >= 11 is 11.5. The molecule has 0 aromatic heterocycles. The summed E-state index contributed by atoms with van der Waals surface area (Å²) in [5, 5.41) is 3.50. The monoisotopic (exact) mass is 357 g/mol. The minimum atomic E-state index is -3.57. The zero-order valence-electron chi connectivity index (χ0n) is 11.4. The van der Waals surface area contributed by atoms with Gasteiger partial charge in [0.15, 0.2) is 9.84 Å². The normalized spacial score (nSPS) is 11.2. The number of benzene rings is 2. The Morgan fingerprint density at radius 3 is 2.32 bits per heavy atom. The first-order chi connectivity index (χ1) is 10.3. The predicted molar refractivity (Wildman–Crippen MR) is 89.0 cm³/mol. The van der Waals surface area contributed by atoms with E-state index in [9.17, 15) is 13.2 Å². The van der Waals surface area contributed by atoms with E-state index in [4.69, 9.17) is 23.2 Å². The van der Waals surface area contributed by atoms with E-state index in [1.54, 1.807) is 48.5 Å². The van der Waals surface area contributed by atoms with Gasteiger partial charge in [-0.3, -0.25) is 4.79 Å². The minimum Gasteiger partial charge on any atom is -0.325 e. The van der Waals surface area contributed by atoms with Gasteiger partial charge in [-0.2, -0.15) is 0 Å². The summed E-state index contributed by atoms with van der Waals surface area (Å²) in [7, 11) is -3.57. The second kappa shape index (κ2) is 7.13. The molecule has 0 spiro atoms. The Morgan fingerprint density at radius 1 is 1.00 bits per heavy atom. The van der Waals surface area contributed by atoms with E-state index in [0.717, 1.165) is 0 Å². The van der Waals surface area contributed by atoms with Crippen LogP contribution in [0.1, 0.15) is 5.56 Å². The van der Waals surface area contributed by atoms with Crippen molar-refractivity contribution in [3.63, 3.8) is 0 Å². The predicted octanol–water partition coefficient (Wildman–Crippen LogP) is 3.55. The first-order valence-corrected chi connectivity index (χ1v) is 8.92. The van der Waals surface area contributed by atoms with Gasteiger partial charge in [-0.25, -0.2) is 8.42 Å². The maximum absolute atomic E-state index is 12.0. The highest BCUT2D eigenvalue weighted by molar-refractivity contribution is 7.91. The lowest BCUT2D eigenvalue weighted by molar-refractivity contribution is -0.113. The van der Waals surface area contributed by atoms with Crippen molar-refractivity contribution >= 4 is 44.6 Å². The van der Waals surface area contributed by atoms with Gasteiger partial charge in [0.25, 0.3) is 0 Å². The van der Waals surface area contributed by atoms with E-state index >= 15 is 0 Å². The molecule has 7 heteroatoms. The van der Waals surface area contributed by atoms with Gasteiger partial charge in [0, 0.05) is 15.7 Å². The van der Waals surface area contributed by atoms with E-state index in [2.05, 4.69) is 5.32 Å². The molecule has 0 radical (unpaired) electrons. The number of halogens is 2. The lowest BCUT2D eigenvalue weighted by Gasteiger charge is -2.07. The van der Waals surface area contributed by atoms with Crippen molar-refractivity contribution in [3.8, 4) is 0 Å². The number of rotatable bonds is 5. The second-order valence-corrected chi connectivity index (χ2v) is 7.65. The molecule has 2 aromatic carbocycles. The molecule has 0 heterocycles. The largest absolute Gasteiger partial charge is 0.325 e. The third kappa shape index (κ3) is 5.33. The first kappa shape index (κ1) is 16.8. The summed E-state index contributed by atoms with van der Waals surface area (Å²) in [6.07, 6.45) is 0. The van der Waals surface area contributed by atoms with Gasteiger partial charge in [-0.15, -0.1) is 0 Å². The van der Waals surface area contributed by atoms with Crippen LogP contribution >= 0.6 is 23.2 Å². The molecule has 22 heavy (non-hydrogen) atoms. The van der Waals surface area contributed by atoms with Crippen molar-refractivity contribution in [1.82, 2.24) is 0 Å². The molecule has 116 valence electrons. The molecule has 0 saturated heterocycles. The molecule has 4 nitrogen and oxygen atoms in total. The maximum atomic E-state index is 12.0. The fourth-order valence-electron chi connectivity index (χ4n) is 1.85. The number of hydrogen-bond acceptors (Lipinski definition) is 3. The Kier molecular flexibility index (Phi) is 5.45. The van der Waals surface area contributed by atoms with Crippen molar-refractivity contribution < 1.29 is 13.2 Å². The number of anilines is 1. The standard InChI is InChI=1S/C15H13Cl2NO3S/c16-12-6-4-11(5-7-12)9-22(20,21)10-15(19)18-14-3-1-2-13(17)8-14/h1-8H,9-10H2,(H,18,19). The zero-order chi connectivity index (χ0) is 16.2. The van der Waals surface area contributed by atoms with Gasteiger partial charge in [-0.05, 0) is 35.9 Å². The van der Waals surface area contributed by atoms with Gasteiger partial charge < -0.3 is 5.32 Å². The smallest absolute Gasteiger partial charge is 0.239 e. The summed E-state index contributed by atoms with van der Waals surface area (Å²) in [5.74, 6) is -1.41. The molecular weight excluding hydrogens is 345 g/mol. The molecule has 1 amide bonds. The molecule has 0 aliphatic carbocycles. The lowest BCUT2D eigenvalue weighted by Crippen LogP contribution is -2.23. The molecule has 2 rings (SSSR count). The quantitative estimate of drug-likeness (QED) is 0.889. The van der Waals surface area contributed by atoms with Crippen LogP contribution in [0.3, 0.4) is 0 Å². The maximum Gasteiger partial charge on any atom is 0.239 e. The SMILES string of the molecule is O=C(CS(=O)(=O)Cc1ccc(Cl)cc1)Nc1cccc(Cl)c1. The van der Waals surface area contributed by atoms with Crippen LogP contribution in [0.25, 0.3) is 0 Å². The summed E-state index contributed by atoms with van der Waals surface area (Å²) in [5.41, 5.74) is 1.04. The molecule has 1 N–H and O–H groups in total. The van der Waals surface area contributed by atoms with E-state index in [1.807, 2.05) is 0 Å². The summed E-state index contributed by atoms with van der Waals surface area (Å²) in [6, 6.07) is 13.0. The molecular formula is C15H13Cl2NO3S. The number of carbonyl (C=O) groups is 1. The Bertz CT molecular complexity index is 774. The van der Waals surface area contributed by atoms with Crippen molar-refractivity contribution in [3.05, 3.63) is 64.1 Å². The number of hydrogen-bond donors (Lipinski definition) is 1. The van der Waals surface area contributed by atoms with Crippen LogP contribution in [0, 0.1) is 0 Å². The molecule has 0 unspecified atom stereocenters. The van der Waals surface area contributed by atoms with Crippen molar-refractivity contribution in [2.45, 2.75) is 5.75 Å². The Hall–Kier alpha value is -1.56. The van der Waals surface area contributed by atoms with Crippen LogP contribution in [-0.2, 0) is 20.4 Å². The summed E-state index contributed by atoms with van der Waals surface area (Å²) in [4.78, 5) is 11.8. The van der Waals surface area contributed by atoms with Gasteiger partial charge in [-0.1, -0.05) is 41.4 Å². The highest BCUT2D eigenvalue weighted by Gasteiger charge is 2.17. The fourth-order valence-corrected chi connectivity index (χ4v) is 3.44. The second-order valence-electron chi connectivity index (χ2n) is 4.72. The Morgan fingerprint density at radius 2 is 1.68 bits per heavy atom. The summed E-state index contributed by atoms with van der Waals surface area (Å²) < 4.78 is 24.1. The number of amides is 1. The molecule has 0 bridgehead atoms. The molecule has 0 fully saturated rings. The zero-order valence-corrected chi connectivity index (χ0v) is 13.8. The summed E-state index contributed by atoms with van der Waals surface area (Å²) in [6.45, 7) is 0. The van der Waals surface area contributed by atoms with Crippen LogP contribution in [0.15, 0.2) is 48.5 Å². The molecule has 0 saturated carbocycles. The van der Waals surface area contributed by atoms with Crippen LogP contribution in [0.2, 0.25) is 10.0 Å². The minimum absolute atomic E-state index is 0.215. The van der Waals surface area contributed by atoms with E-state index in [0.29, 0.717) is 21.3 Å². The molecule has 2 aromatic rings. The number of carbonyl (C=O) groups excluding carboxylic acids is 1. The highest BCUT2D eigenvalue weighted by atomic mass is 35.5. The van der Waals surface area contributed by atoms with Crippen LogP contribution in [0.4, 0.5) is 5.69 Å². The van der Waals surface area contributed by atoms with Gasteiger partial charge >= 0.3 is 0 Å². The van der Waals surface area contributed by atoms with Gasteiger partial charge in [0.1, 0.15) is 5.75 Å². The average Bonchev–Trinajstić information content (AvgIpc) is 2.40. The first-order valence-electron chi connectivity index (χ1n) is 6.34. The van der Waals surface area contributed by atoms with Crippen LogP contribution in [0.5, 0.6) is 0 Å². The van der Waals surface area contributed by atoms with Crippen molar-refractivity contribution in [2.24, 2.45) is 0 Å². The molecule has 0 aliphatic rings. The topological polar surface area (TPSA) is 63.2 Å². The third-order valence-corrected chi connectivity index (χ3v) is 4.72. The van der Waals surface area contributed by atoms with Crippen molar-refractivity contribution in [2.75, 3.05) is 11.1 Å². The van der Waals surface area contributed by atoms with Crippen LogP contribution < -0.4 is 5.32 Å². The Labute approximate surface area is 139 Å². The fraction of sp³-hybridized carbons (Fsp3) is 0.133. The number of sulfone groups is 1. The van der Waals surface area contributed by atoms with Crippen molar-refractivity contribution in [1.29, 1.82) is 0 Å². The molecule has 0 aliphatic heterocycles. The third-order valence-electron chi connectivity index (χ3n) is 2.76. The van der Waals surface area contributed by atoms with E-state index < -0.39 is 21.5 Å². The number of nitrogens with one attached hydrogen (secondary N) is 1.